The first-order valence-corrected chi connectivity index (χ1v) is 3.32. The van der Waals surface area contributed by atoms with Crippen LogP contribution in [-0.4, -0.2) is 22.7 Å². The van der Waals surface area contributed by atoms with Gasteiger partial charge in [-0.25, -0.2) is 0 Å². The van der Waals surface area contributed by atoms with Gasteiger partial charge in [0.2, 0.25) is 0 Å². The Morgan fingerprint density at radius 2 is 1.58 bits per heavy atom. The van der Waals surface area contributed by atoms with Crippen molar-refractivity contribution in [3.05, 3.63) is 0 Å². The van der Waals surface area contributed by atoms with Crippen molar-refractivity contribution in [3.8, 4) is 0 Å². The molecule has 0 spiro atoms. The minimum Gasteiger partial charge on any atom is -0.547 e. The van der Waals surface area contributed by atoms with Crippen LogP contribution >= 0.6 is 0 Å². The Bertz CT molecular complexity index is 114. The van der Waals surface area contributed by atoms with Gasteiger partial charge in [0.1, 0.15) is 0 Å². The Kier molecular flexibility index (Phi) is 11.7. The van der Waals surface area contributed by atoms with Gasteiger partial charge in [-0.05, 0) is 27.7 Å². The second-order valence-corrected chi connectivity index (χ2v) is 3.36. The molecule has 0 saturated heterocycles. The minimum atomic E-state index is -1.44. The van der Waals surface area contributed by atoms with E-state index in [1.54, 1.807) is 0 Å². The molecule has 0 saturated carbocycles. The van der Waals surface area contributed by atoms with E-state index in [2.05, 4.69) is 0 Å². The number of carbonyl (C=O) groups excluding carboxylic acids is 1. The third-order valence-electron chi connectivity index (χ3n) is 0.341. The summed E-state index contributed by atoms with van der Waals surface area (Å²) in [6.45, 7) is 7.03. The van der Waals surface area contributed by atoms with Crippen LogP contribution in [-0.2, 0) is 27.2 Å². The van der Waals surface area contributed by atoms with Crippen LogP contribution in [0.15, 0.2) is 0 Å². The fourth-order valence-electron chi connectivity index (χ4n) is 0. The van der Waals surface area contributed by atoms with Crippen molar-refractivity contribution < 1.29 is 37.4 Å². The molecule has 0 amide bonds. The predicted octanol–water partition coefficient (Wildman–Crippen LogP) is -1.14. The third-order valence-corrected chi connectivity index (χ3v) is 0.341. The molecule has 0 aromatic heterocycles. The number of carboxylic acid groups (broad SMARTS) is 1. The molecule has 3 N–H and O–H groups in total. The summed E-state index contributed by atoms with van der Waals surface area (Å²) in [6, 6.07) is 0. The van der Waals surface area contributed by atoms with E-state index in [0.717, 1.165) is 6.92 Å². The normalized spacial score (nSPS) is 11.8. The predicted molar refractivity (Wildman–Crippen MR) is 40.6 cm³/mol. The van der Waals surface area contributed by atoms with E-state index in [-0.39, 0.29) is 27.9 Å². The van der Waals surface area contributed by atoms with Crippen molar-refractivity contribution in [1.29, 1.82) is 0 Å². The zero-order chi connectivity index (χ0) is 9.65. The number of rotatable bonds is 1. The Labute approximate surface area is 88.7 Å². The van der Waals surface area contributed by atoms with Crippen LogP contribution in [0.4, 0.5) is 0 Å². The monoisotopic (exact) mass is 269 g/mol. The molecule has 1 atom stereocenters. The van der Waals surface area contributed by atoms with Crippen LogP contribution in [0.25, 0.3) is 0 Å². The van der Waals surface area contributed by atoms with Gasteiger partial charge >= 0.3 is 22.4 Å². The van der Waals surface area contributed by atoms with Gasteiger partial charge in [0.05, 0.1) is 12.1 Å². The first kappa shape index (κ1) is 18.0. The molecule has 0 aliphatic heterocycles. The zero-order valence-corrected chi connectivity index (χ0v) is 9.20. The fraction of sp³-hybridized carbons (Fsp3) is 0.857. The van der Waals surface area contributed by atoms with E-state index in [4.69, 9.17) is 10.8 Å². The summed E-state index contributed by atoms with van der Waals surface area (Å²) in [5, 5.41) is 17.3. The number of hydrogen-bond acceptors (Lipinski definition) is 4. The van der Waals surface area contributed by atoms with E-state index in [0.29, 0.717) is 0 Å². The van der Waals surface area contributed by atoms with Crippen LogP contribution in [0.1, 0.15) is 27.7 Å². The maximum atomic E-state index is 9.34. The van der Waals surface area contributed by atoms with Gasteiger partial charge in [-0.3, -0.25) is 0 Å². The molecule has 1 unspecified atom stereocenters. The van der Waals surface area contributed by atoms with E-state index < -0.39 is 12.1 Å². The molecular weight excluding hydrogens is 254 g/mol. The first-order chi connectivity index (χ1) is 4.64. The average molecular weight is 270 g/mol. The molecular formula is C7H16AgNO3. The van der Waals surface area contributed by atoms with Crippen LogP contribution < -0.4 is 10.8 Å². The quantitative estimate of drug-likeness (QED) is 0.589. The molecule has 0 bridgehead atoms. The zero-order valence-electron chi connectivity index (χ0n) is 7.72. The average Bonchev–Trinajstić information content (AvgIpc) is 1.59. The molecule has 0 heterocycles. The van der Waals surface area contributed by atoms with Crippen molar-refractivity contribution >= 4 is 5.97 Å². The minimum absolute atomic E-state index is 0. The van der Waals surface area contributed by atoms with Gasteiger partial charge < -0.3 is 20.7 Å². The molecule has 0 aliphatic carbocycles. The summed E-state index contributed by atoms with van der Waals surface area (Å²) >= 11 is 0. The SMILES string of the molecule is CC(C)(C)N.CC(O)C(=O)[O-].[Ag+]. The number of aliphatic hydroxyl groups excluding tert-OH is 1. The molecule has 0 aromatic carbocycles. The smallest absolute Gasteiger partial charge is 0.547 e. The van der Waals surface area contributed by atoms with Crippen molar-refractivity contribution in [2.24, 2.45) is 5.73 Å². The van der Waals surface area contributed by atoms with E-state index in [9.17, 15) is 9.90 Å². The van der Waals surface area contributed by atoms with Crippen molar-refractivity contribution in [2.75, 3.05) is 0 Å². The number of carbonyl (C=O) groups is 1. The van der Waals surface area contributed by atoms with Crippen molar-refractivity contribution in [1.82, 2.24) is 0 Å². The van der Waals surface area contributed by atoms with E-state index >= 15 is 0 Å². The largest absolute Gasteiger partial charge is 1.00 e. The maximum Gasteiger partial charge on any atom is 1.00 e. The number of hydrogen-bond donors (Lipinski definition) is 2. The second-order valence-electron chi connectivity index (χ2n) is 3.36. The molecule has 12 heavy (non-hydrogen) atoms. The van der Waals surface area contributed by atoms with Gasteiger partial charge in [0.15, 0.2) is 0 Å². The van der Waals surface area contributed by atoms with E-state index in [1.807, 2.05) is 20.8 Å². The molecule has 0 aromatic rings. The third kappa shape index (κ3) is 49.5. The van der Waals surface area contributed by atoms with Crippen LogP contribution in [0.3, 0.4) is 0 Å². The number of carboxylic acids is 1. The molecule has 0 rings (SSSR count). The van der Waals surface area contributed by atoms with Crippen molar-refractivity contribution in [3.63, 3.8) is 0 Å². The van der Waals surface area contributed by atoms with Crippen LogP contribution in [0.2, 0.25) is 0 Å². The molecule has 0 fully saturated rings. The molecule has 4 nitrogen and oxygen atoms in total. The summed E-state index contributed by atoms with van der Waals surface area (Å²) in [5.41, 5.74) is 5.35. The molecule has 0 aliphatic rings. The Morgan fingerprint density at radius 3 is 1.58 bits per heavy atom. The number of aliphatic hydroxyl groups is 1. The van der Waals surface area contributed by atoms with Crippen molar-refractivity contribution in [2.45, 2.75) is 39.3 Å². The summed E-state index contributed by atoms with van der Waals surface area (Å²) in [4.78, 5) is 9.34. The molecule has 5 heteroatoms. The van der Waals surface area contributed by atoms with Gasteiger partial charge in [0, 0.05) is 5.54 Å². The van der Waals surface area contributed by atoms with Gasteiger partial charge in [-0.2, -0.15) is 0 Å². The fourth-order valence-corrected chi connectivity index (χ4v) is 0. The van der Waals surface area contributed by atoms with Gasteiger partial charge in [-0.1, -0.05) is 0 Å². The summed E-state index contributed by atoms with van der Waals surface area (Å²) in [7, 11) is 0. The topological polar surface area (TPSA) is 86.4 Å². The second kappa shape index (κ2) is 7.76. The maximum absolute atomic E-state index is 9.34. The standard InChI is InChI=1S/C4H11N.C3H6O3.Ag/c1-4(2,3)5;1-2(4)3(5)6;/h5H2,1-3H3;2,4H,1H3,(H,5,6);/q;;+1/p-1. The molecule has 78 valence electrons. The van der Waals surface area contributed by atoms with Crippen LogP contribution in [0, 0.1) is 0 Å². The Morgan fingerprint density at radius 1 is 1.50 bits per heavy atom. The Balaban J connectivity index is -0.000000126. The summed E-state index contributed by atoms with van der Waals surface area (Å²) < 4.78 is 0. The number of nitrogens with two attached hydrogens (primary N) is 1. The van der Waals surface area contributed by atoms with E-state index in [1.165, 1.54) is 0 Å². The summed E-state index contributed by atoms with van der Waals surface area (Å²) in [5.74, 6) is -1.44. The van der Waals surface area contributed by atoms with Gasteiger partial charge in [0.25, 0.3) is 0 Å². The van der Waals surface area contributed by atoms with Crippen LogP contribution in [0.5, 0.6) is 0 Å². The first-order valence-electron chi connectivity index (χ1n) is 3.32. The Hall–Kier alpha value is 0.130. The number of aliphatic carboxylic acids is 1. The summed E-state index contributed by atoms with van der Waals surface area (Å²) in [6.07, 6.45) is -1.34. The molecule has 0 radical (unpaired) electrons. The van der Waals surface area contributed by atoms with Gasteiger partial charge in [-0.15, -0.1) is 0 Å².